The Morgan fingerprint density at radius 2 is 1.71 bits per heavy atom. The van der Waals surface area contributed by atoms with E-state index < -0.39 is 9.84 Å². The number of aryl methyl sites for hydroxylation is 1. The van der Waals surface area contributed by atoms with E-state index in [1.807, 2.05) is 49.4 Å². The van der Waals surface area contributed by atoms with Crippen LogP contribution in [0.1, 0.15) is 12.6 Å². The van der Waals surface area contributed by atoms with Gasteiger partial charge in [0, 0.05) is 16.4 Å². The molecule has 0 radical (unpaired) electrons. The highest BCUT2D eigenvalue weighted by atomic mass is 35.5. The van der Waals surface area contributed by atoms with Crippen molar-refractivity contribution < 1.29 is 8.42 Å². The molecular formula is C19H18ClNO2S. The molecule has 1 aromatic heterocycles. The van der Waals surface area contributed by atoms with Crippen LogP contribution in [0.15, 0.2) is 65.6 Å². The van der Waals surface area contributed by atoms with Crippen molar-refractivity contribution in [1.29, 1.82) is 0 Å². The molecule has 5 heteroatoms. The zero-order chi connectivity index (χ0) is 17.3. The van der Waals surface area contributed by atoms with Gasteiger partial charge in [-0.15, -0.1) is 0 Å². The van der Waals surface area contributed by atoms with Gasteiger partial charge in [-0.25, -0.2) is 8.42 Å². The van der Waals surface area contributed by atoms with Crippen LogP contribution in [0.2, 0.25) is 5.02 Å². The Morgan fingerprint density at radius 3 is 2.38 bits per heavy atom. The fourth-order valence-electron chi connectivity index (χ4n) is 2.71. The predicted octanol–water partition coefficient (Wildman–Crippen LogP) is 4.90. The SMILES string of the molecule is CCS(=O)(=O)c1cccc(-n2c(C)ccc2-c2ccc(Cl)cc2)c1. The monoisotopic (exact) mass is 359 g/mol. The summed E-state index contributed by atoms with van der Waals surface area (Å²) >= 11 is 5.97. The molecule has 0 aliphatic carbocycles. The molecule has 0 saturated heterocycles. The van der Waals surface area contributed by atoms with Gasteiger partial charge in [-0.05, 0) is 55.0 Å². The Bertz CT molecular complexity index is 973. The van der Waals surface area contributed by atoms with E-state index in [1.54, 1.807) is 25.1 Å². The van der Waals surface area contributed by atoms with Crippen molar-refractivity contribution in [3.63, 3.8) is 0 Å². The first-order valence-electron chi connectivity index (χ1n) is 7.70. The molecule has 0 amide bonds. The molecule has 0 aliphatic heterocycles. The second kappa shape index (κ2) is 6.46. The Labute approximate surface area is 147 Å². The molecule has 3 aromatic rings. The molecule has 3 nitrogen and oxygen atoms in total. The van der Waals surface area contributed by atoms with E-state index in [1.165, 1.54) is 0 Å². The third-order valence-corrected chi connectivity index (χ3v) is 6.02. The summed E-state index contributed by atoms with van der Waals surface area (Å²) in [4.78, 5) is 0.345. The van der Waals surface area contributed by atoms with Gasteiger partial charge in [0.25, 0.3) is 0 Å². The van der Waals surface area contributed by atoms with E-state index in [4.69, 9.17) is 11.6 Å². The van der Waals surface area contributed by atoms with Crippen molar-refractivity contribution in [2.75, 3.05) is 5.75 Å². The molecule has 24 heavy (non-hydrogen) atoms. The number of hydrogen-bond donors (Lipinski definition) is 0. The van der Waals surface area contributed by atoms with E-state index >= 15 is 0 Å². The average Bonchev–Trinajstić information content (AvgIpc) is 2.97. The Morgan fingerprint density at radius 1 is 1.00 bits per heavy atom. The number of benzene rings is 2. The van der Waals surface area contributed by atoms with Crippen LogP contribution >= 0.6 is 11.6 Å². The Balaban J connectivity index is 2.16. The van der Waals surface area contributed by atoms with Crippen LogP contribution in [0.5, 0.6) is 0 Å². The van der Waals surface area contributed by atoms with Crippen molar-refractivity contribution in [1.82, 2.24) is 4.57 Å². The summed E-state index contributed by atoms with van der Waals surface area (Å²) in [5, 5.41) is 0.685. The first-order chi connectivity index (χ1) is 11.4. The van der Waals surface area contributed by atoms with Gasteiger partial charge in [-0.1, -0.05) is 36.7 Å². The number of rotatable bonds is 4. The van der Waals surface area contributed by atoms with Crippen LogP contribution in [-0.4, -0.2) is 18.7 Å². The second-order valence-electron chi connectivity index (χ2n) is 5.60. The van der Waals surface area contributed by atoms with Crippen LogP contribution in [0.4, 0.5) is 0 Å². The first kappa shape index (κ1) is 16.8. The fraction of sp³-hybridized carbons (Fsp3) is 0.158. The summed E-state index contributed by atoms with van der Waals surface area (Å²) in [6.45, 7) is 3.66. The maximum Gasteiger partial charge on any atom is 0.178 e. The summed E-state index contributed by atoms with van der Waals surface area (Å²) < 4.78 is 26.4. The summed E-state index contributed by atoms with van der Waals surface area (Å²) in [6.07, 6.45) is 0. The van der Waals surface area contributed by atoms with Crippen LogP contribution in [0.25, 0.3) is 16.9 Å². The molecular weight excluding hydrogens is 342 g/mol. The minimum Gasteiger partial charge on any atom is -0.314 e. The van der Waals surface area contributed by atoms with E-state index in [-0.39, 0.29) is 5.75 Å². The molecule has 0 fully saturated rings. The van der Waals surface area contributed by atoms with E-state index in [9.17, 15) is 8.42 Å². The highest BCUT2D eigenvalue weighted by molar-refractivity contribution is 7.91. The van der Waals surface area contributed by atoms with Gasteiger partial charge in [-0.3, -0.25) is 0 Å². The van der Waals surface area contributed by atoms with E-state index in [0.29, 0.717) is 9.92 Å². The van der Waals surface area contributed by atoms with Gasteiger partial charge in [0.05, 0.1) is 16.3 Å². The van der Waals surface area contributed by atoms with Crippen molar-refractivity contribution in [3.05, 3.63) is 71.4 Å². The van der Waals surface area contributed by atoms with Crippen LogP contribution in [0, 0.1) is 6.92 Å². The number of sulfone groups is 1. The molecule has 0 aliphatic rings. The van der Waals surface area contributed by atoms with Gasteiger partial charge in [0.15, 0.2) is 9.84 Å². The summed E-state index contributed by atoms with van der Waals surface area (Å²) in [5.41, 5.74) is 3.88. The highest BCUT2D eigenvalue weighted by Gasteiger charge is 2.14. The van der Waals surface area contributed by atoms with Crippen LogP contribution < -0.4 is 0 Å². The Kier molecular flexibility index (Phi) is 4.52. The topological polar surface area (TPSA) is 39.1 Å². The molecule has 0 unspecified atom stereocenters. The molecule has 0 atom stereocenters. The summed E-state index contributed by atoms with van der Waals surface area (Å²) in [7, 11) is -3.24. The molecule has 3 rings (SSSR count). The standard InChI is InChI=1S/C19H18ClNO2S/c1-3-24(22,23)18-6-4-5-17(13-18)21-14(2)7-12-19(21)15-8-10-16(20)11-9-15/h4-13H,3H2,1-2H3. The van der Waals surface area contributed by atoms with E-state index in [0.717, 1.165) is 22.6 Å². The van der Waals surface area contributed by atoms with Crippen LogP contribution in [-0.2, 0) is 9.84 Å². The van der Waals surface area contributed by atoms with Crippen LogP contribution in [0.3, 0.4) is 0 Å². The minimum absolute atomic E-state index is 0.0884. The maximum absolute atomic E-state index is 12.2. The predicted molar refractivity (Wildman–Crippen MR) is 98.7 cm³/mol. The zero-order valence-electron chi connectivity index (χ0n) is 13.5. The third kappa shape index (κ3) is 3.12. The normalized spacial score (nSPS) is 11.6. The van der Waals surface area contributed by atoms with Gasteiger partial charge in [-0.2, -0.15) is 0 Å². The lowest BCUT2D eigenvalue weighted by Crippen LogP contribution is -2.06. The number of hydrogen-bond acceptors (Lipinski definition) is 2. The quantitative estimate of drug-likeness (QED) is 0.664. The molecule has 124 valence electrons. The van der Waals surface area contributed by atoms with E-state index in [2.05, 4.69) is 4.57 Å². The van der Waals surface area contributed by atoms with Crippen molar-refractivity contribution in [2.24, 2.45) is 0 Å². The molecule has 0 bridgehead atoms. The van der Waals surface area contributed by atoms with Gasteiger partial charge in [0.2, 0.25) is 0 Å². The lowest BCUT2D eigenvalue weighted by molar-refractivity contribution is 0.597. The smallest absolute Gasteiger partial charge is 0.178 e. The number of halogens is 1. The summed E-state index contributed by atoms with van der Waals surface area (Å²) in [5.74, 6) is 0.0884. The summed E-state index contributed by atoms with van der Waals surface area (Å²) in [6, 6.07) is 18.7. The van der Waals surface area contributed by atoms with Gasteiger partial charge < -0.3 is 4.57 Å². The molecule has 0 N–H and O–H groups in total. The second-order valence-corrected chi connectivity index (χ2v) is 8.32. The average molecular weight is 360 g/mol. The first-order valence-corrected chi connectivity index (χ1v) is 9.73. The Hall–Kier alpha value is -2.04. The van der Waals surface area contributed by atoms with Crippen molar-refractivity contribution >= 4 is 21.4 Å². The minimum atomic E-state index is -3.24. The lowest BCUT2D eigenvalue weighted by atomic mass is 10.1. The highest BCUT2D eigenvalue weighted by Crippen LogP contribution is 2.28. The fourth-order valence-corrected chi connectivity index (χ4v) is 3.76. The van der Waals surface area contributed by atoms with Crippen molar-refractivity contribution in [3.8, 4) is 16.9 Å². The van der Waals surface area contributed by atoms with Crippen molar-refractivity contribution in [2.45, 2.75) is 18.7 Å². The largest absolute Gasteiger partial charge is 0.314 e. The third-order valence-electron chi connectivity index (χ3n) is 4.03. The van der Waals surface area contributed by atoms with Gasteiger partial charge >= 0.3 is 0 Å². The molecule has 2 aromatic carbocycles. The molecule has 1 heterocycles. The number of aromatic nitrogens is 1. The number of nitrogens with zero attached hydrogens (tertiary/aromatic N) is 1. The van der Waals surface area contributed by atoms with Gasteiger partial charge in [0.1, 0.15) is 0 Å². The lowest BCUT2D eigenvalue weighted by Gasteiger charge is -2.13. The molecule has 0 saturated carbocycles. The maximum atomic E-state index is 12.2. The zero-order valence-corrected chi connectivity index (χ0v) is 15.1. The molecule has 0 spiro atoms.